The van der Waals surface area contributed by atoms with Gasteiger partial charge in [-0.2, -0.15) is 0 Å². The van der Waals surface area contributed by atoms with E-state index in [1.54, 1.807) is 4.90 Å². The Bertz CT molecular complexity index is 263. The molecule has 2 atom stereocenters. The van der Waals surface area contributed by atoms with Crippen LogP contribution in [-0.2, 0) is 4.74 Å². The molecule has 2 N–H and O–H groups in total. The molecule has 17 heavy (non-hydrogen) atoms. The molecule has 0 unspecified atom stereocenters. The number of aliphatic hydroxyl groups excluding tert-OH is 1. The van der Waals surface area contributed by atoms with Gasteiger partial charge in [0.15, 0.2) is 0 Å². The highest BCUT2D eigenvalue weighted by Gasteiger charge is 2.32. The third-order valence-electron chi connectivity index (χ3n) is 2.82. The zero-order valence-electron chi connectivity index (χ0n) is 11.2. The highest BCUT2D eigenvalue weighted by Crippen LogP contribution is 2.16. The molecule has 1 heterocycles. The summed E-state index contributed by atoms with van der Waals surface area (Å²) in [5, 5.41) is 12.4. The van der Waals surface area contributed by atoms with Gasteiger partial charge in [0.2, 0.25) is 0 Å². The van der Waals surface area contributed by atoms with Gasteiger partial charge in [-0.15, -0.1) is 0 Å². The predicted molar refractivity (Wildman–Crippen MR) is 65.9 cm³/mol. The number of nitrogens with one attached hydrogen (secondary N) is 1. The Hall–Kier alpha value is -0.810. The van der Waals surface area contributed by atoms with Crippen molar-refractivity contribution in [3.8, 4) is 0 Å². The summed E-state index contributed by atoms with van der Waals surface area (Å²) in [7, 11) is 0. The van der Waals surface area contributed by atoms with E-state index in [1.165, 1.54) is 0 Å². The maximum absolute atomic E-state index is 12.0. The molecule has 1 aliphatic heterocycles. The Balaban J connectivity index is 2.66. The van der Waals surface area contributed by atoms with E-state index in [-0.39, 0.29) is 24.8 Å². The molecule has 0 aromatic carbocycles. The lowest BCUT2D eigenvalue weighted by Crippen LogP contribution is -2.59. The molecule has 0 radical (unpaired) electrons. The zero-order chi connectivity index (χ0) is 13.1. The first-order valence-electron chi connectivity index (χ1n) is 6.21. The van der Waals surface area contributed by atoms with Crippen molar-refractivity contribution in [1.82, 2.24) is 10.2 Å². The first-order valence-corrected chi connectivity index (χ1v) is 6.21. The van der Waals surface area contributed by atoms with Crippen molar-refractivity contribution in [3.05, 3.63) is 0 Å². The van der Waals surface area contributed by atoms with Crippen molar-refractivity contribution in [3.63, 3.8) is 0 Å². The number of piperazine rings is 1. The van der Waals surface area contributed by atoms with Crippen molar-refractivity contribution in [2.24, 2.45) is 0 Å². The standard InChI is InChI=1S/C12H24N2O3/c1-5-10-6-13-9(8-15)7-14(10)11(16)17-12(2,3)4/h9-10,13,15H,5-8H2,1-4H3/t9-,10+/m0/s1. The Labute approximate surface area is 103 Å². The van der Waals surface area contributed by atoms with E-state index in [9.17, 15) is 4.79 Å². The lowest BCUT2D eigenvalue weighted by atomic mass is 10.1. The summed E-state index contributed by atoms with van der Waals surface area (Å²) < 4.78 is 5.38. The summed E-state index contributed by atoms with van der Waals surface area (Å²) in [6, 6.07) is 0.0953. The normalized spacial score (nSPS) is 25.8. The molecule has 1 fully saturated rings. The molecule has 0 aromatic heterocycles. The van der Waals surface area contributed by atoms with Gasteiger partial charge in [0, 0.05) is 25.2 Å². The number of rotatable bonds is 2. The summed E-state index contributed by atoms with van der Waals surface area (Å²) in [5.41, 5.74) is -0.477. The number of ether oxygens (including phenoxy) is 1. The van der Waals surface area contributed by atoms with Crippen LogP contribution in [0, 0.1) is 0 Å². The fraction of sp³-hybridized carbons (Fsp3) is 0.917. The van der Waals surface area contributed by atoms with E-state index in [0.717, 1.165) is 6.42 Å². The van der Waals surface area contributed by atoms with Crippen molar-refractivity contribution >= 4 is 6.09 Å². The second-order valence-electron chi connectivity index (χ2n) is 5.48. The van der Waals surface area contributed by atoms with Crippen LogP contribution in [-0.4, -0.2) is 53.5 Å². The van der Waals surface area contributed by atoms with Crippen LogP contribution >= 0.6 is 0 Å². The van der Waals surface area contributed by atoms with Crippen molar-refractivity contribution in [2.75, 3.05) is 19.7 Å². The van der Waals surface area contributed by atoms with Gasteiger partial charge in [-0.25, -0.2) is 4.79 Å². The Kier molecular flexibility index (Phi) is 4.77. The molecule has 1 aliphatic rings. The lowest BCUT2D eigenvalue weighted by molar-refractivity contribution is 0.00407. The second kappa shape index (κ2) is 5.69. The van der Waals surface area contributed by atoms with Gasteiger partial charge >= 0.3 is 6.09 Å². The molecule has 100 valence electrons. The number of nitrogens with zero attached hydrogens (tertiary/aromatic N) is 1. The summed E-state index contributed by atoms with van der Waals surface area (Å²) >= 11 is 0. The third kappa shape index (κ3) is 4.16. The van der Waals surface area contributed by atoms with Crippen molar-refractivity contribution in [1.29, 1.82) is 0 Å². The number of hydrogen-bond acceptors (Lipinski definition) is 4. The quantitative estimate of drug-likeness (QED) is 0.759. The number of hydrogen-bond donors (Lipinski definition) is 2. The molecule has 0 bridgehead atoms. The Morgan fingerprint density at radius 3 is 2.65 bits per heavy atom. The van der Waals surface area contributed by atoms with E-state index in [4.69, 9.17) is 9.84 Å². The number of aliphatic hydroxyl groups is 1. The van der Waals surface area contributed by atoms with Crippen molar-refractivity contribution < 1.29 is 14.6 Å². The number of carbonyl (C=O) groups is 1. The fourth-order valence-electron chi connectivity index (χ4n) is 1.90. The van der Waals surface area contributed by atoms with E-state index < -0.39 is 5.60 Å². The van der Waals surface area contributed by atoms with Crippen LogP contribution in [0.4, 0.5) is 4.79 Å². The van der Waals surface area contributed by atoms with E-state index in [2.05, 4.69) is 5.32 Å². The first-order chi connectivity index (χ1) is 7.87. The maximum Gasteiger partial charge on any atom is 0.410 e. The van der Waals surface area contributed by atoms with Crippen molar-refractivity contribution in [2.45, 2.75) is 51.8 Å². The van der Waals surface area contributed by atoms with Crippen LogP contribution in [0.3, 0.4) is 0 Å². The minimum Gasteiger partial charge on any atom is -0.444 e. The summed E-state index contributed by atoms with van der Waals surface area (Å²) in [6.07, 6.45) is 0.592. The summed E-state index contributed by atoms with van der Waals surface area (Å²) in [4.78, 5) is 13.8. The highest BCUT2D eigenvalue weighted by molar-refractivity contribution is 5.68. The van der Waals surface area contributed by atoms with Gasteiger partial charge in [-0.05, 0) is 27.2 Å². The lowest BCUT2D eigenvalue weighted by Gasteiger charge is -2.40. The molecule has 0 aromatic rings. The fourth-order valence-corrected chi connectivity index (χ4v) is 1.90. The van der Waals surface area contributed by atoms with E-state index >= 15 is 0 Å². The van der Waals surface area contributed by atoms with E-state index in [0.29, 0.717) is 13.1 Å². The highest BCUT2D eigenvalue weighted by atomic mass is 16.6. The second-order valence-corrected chi connectivity index (χ2v) is 5.48. The summed E-state index contributed by atoms with van der Waals surface area (Å²) in [6.45, 7) is 8.87. The average Bonchev–Trinajstić information content (AvgIpc) is 2.25. The van der Waals surface area contributed by atoms with Gasteiger partial charge in [0.25, 0.3) is 0 Å². The maximum atomic E-state index is 12.0. The van der Waals surface area contributed by atoms with Crippen LogP contribution in [0.25, 0.3) is 0 Å². The smallest absolute Gasteiger partial charge is 0.410 e. The Morgan fingerprint density at radius 1 is 1.53 bits per heavy atom. The van der Waals surface area contributed by atoms with E-state index in [1.807, 2.05) is 27.7 Å². The largest absolute Gasteiger partial charge is 0.444 e. The number of carbonyl (C=O) groups excluding carboxylic acids is 1. The number of amides is 1. The topological polar surface area (TPSA) is 61.8 Å². The van der Waals surface area contributed by atoms with Gasteiger partial charge in [0.1, 0.15) is 5.60 Å². The minimum absolute atomic E-state index is 0.0374. The molecular weight excluding hydrogens is 220 g/mol. The van der Waals surface area contributed by atoms with Gasteiger partial charge in [-0.3, -0.25) is 0 Å². The predicted octanol–water partition coefficient (Wildman–Crippen LogP) is 0.966. The molecule has 5 nitrogen and oxygen atoms in total. The van der Waals surface area contributed by atoms with Crippen LogP contribution in [0.5, 0.6) is 0 Å². The minimum atomic E-state index is -0.477. The molecule has 0 aliphatic carbocycles. The molecular formula is C12H24N2O3. The SMILES string of the molecule is CC[C@@H]1CN[C@H](CO)CN1C(=O)OC(C)(C)C. The Morgan fingerprint density at radius 2 is 2.18 bits per heavy atom. The van der Waals surface area contributed by atoms with Crippen LogP contribution < -0.4 is 5.32 Å². The summed E-state index contributed by atoms with van der Waals surface area (Å²) in [5.74, 6) is 0. The average molecular weight is 244 g/mol. The molecule has 1 saturated heterocycles. The molecule has 1 rings (SSSR count). The first kappa shape index (κ1) is 14.3. The third-order valence-corrected chi connectivity index (χ3v) is 2.82. The molecule has 0 spiro atoms. The van der Waals surface area contributed by atoms with Gasteiger partial charge in [0.05, 0.1) is 6.61 Å². The molecule has 0 saturated carbocycles. The van der Waals surface area contributed by atoms with Crippen LogP contribution in [0.15, 0.2) is 0 Å². The monoisotopic (exact) mass is 244 g/mol. The molecule has 5 heteroatoms. The molecule has 1 amide bonds. The zero-order valence-corrected chi connectivity index (χ0v) is 11.2. The van der Waals surface area contributed by atoms with Gasteiger partial charge in [-0.1, -0.05) is 6.92 Å². The van der Waals surface area contributed by atoms with Gasteiger partial charge < -0.3 is 20.1 Å². The van der Waals surface area contributed by atoms with Crippen LogP contribution in [0.1, 0.15) is 34.1 Å². The van der Waals surface area contributed by atoms with Crippen LogP contribution in [0.2, 0.25) is 0 Å².